The standard InChI is InChI=1S/C14H17ClN4O4/c1-8-13(20)16-10-2-3-11(15)17-12(10)19(8)9-4-6-18(7-5-9)23-14(21)22/h2-3,8-9H,4-7H2,1H3,(H,16,20)(H,21,22)/t8-/m1/s1. The quantitative estimate of drug-likeness (QED) is 0.794. The number of pyridine rings is 1. The highest BCUT2D eigenvalue weighted by atomic mass is 35.5. The van der Waals surface area contributed by atoms with E-state index in [1.807, 2.05) is 11.8 Å². The lowest BCUT2D eigenvalue weighted by molar-refractivity contribution is -0.131. The van der Waals surface area contributed by atoms with Crippen molar-refractivity contribution >= 4 is 35.2 Å². The lowest BCUT2D eigenvalue weighted by Crippen LogP contribution is -2.54. The molecule has 0 radical (unpaired) electrons. The van der Waals surface area contributed by atoms with E-state index in [9.17, 15) is 9.59 Å². The summed E-state index contributed by atoms with van der Waals surface area (Å²) < 4.78 is 0. The van der Waals surface area contributed by atoms with E-state index in [1.54, 1.807) is 12.1 Å². The van der Waals surface area contributed by atoms with Gasteiger partial charge in [0.15, 0.2) is 5.82 Å². The Morgan fingerprint density at radius 2 is 2.13 bits per heavy atom. The van der Waals surface area contributed by atoms with Crippen LogP contribution in [-0.2, 0) is 9.63 Å². The number of aromatic nitrogens is 1. The van der Waals surface area contributed by atoms with Crippen molar-refractivity contribution in [2.45, 2.75) is 31.8 Å². The number of fused-ring (bicyclic) bond motifs is 1. The van der Waals surface area contributed by atoms with Crippen molar-refractivity contribution in [1.82, 2.24) is 10.0 Å². The summed E-state index contributed by atoms with van der Waals surface area (Å²) in [5, 5.41) is 13.3. The van der Waals surface area contributed by atoms with Crippen molar-refractivity contribution < 1.29 is 19.5 Å². The van der Waals surface area contributed by atoms with Crippen molar-refractivity contribution in [3.63, 3.8) is 0 Å². The van der Waals surface area contributed by atoms with Crippen LogP contribution in [0.5, 0.6) is 0 Å². The first kappa shape index (κ1) is 15.8. The Kier molecular flexibility index (Phi) is 4.27. The smallest absolute Gasteiger partial charge is 0.448 e. The molecule has 0 bridgehead atoms. The maximum atomic E-state index is 12.2. The maximum Gasteiger partial charge on any atom is 0.525 e. The Morgan fingerprint density at radius 3 is 2.78 bits per heavy atom. The number of hydroxylamine groups is 2. The third-order valence-electron chi connectivity index (χ3n) is 4.16. The van der Waals surface area contributed by atoms with Gasteiger partial charge in [0.05, 0.1) is 5.69 Å². The number of nitrogens with one attached hydrogen (secondary N) is 1. The van der Waals surface area contributed by atoms with E-state index in [1.165, 1.54) is 5.06 Å². The highest BCUT2D eigenvalue weighted by molar-refractivity contribution is 6.29. The van der Waals surface area contributed by atoms with Gasteiger partial charge in [-0.1, -0.05) is 11.6 Å². The van der Waals surface area contributed by atoms with Gasteiger partial charge in [0.2, 0.25) is 5.91 Å². The molecule has 8 nitrogen and oxygen atoms in total. The number of rotatable bonds is 2. The molecule has 2 N–H and O–H groups in total. The Morgan fingerprint density at radius 1 is 1.43 bits per heavy atom. The fourth-order valence-electron chi connectivity index (χ4n) is 3.08. The minimum atomic E-state index is -1.31. The summed E-state index contributed by atoms with van der Waals surface area (Å²) in [6.07, 6.45) is 0.0184. The van der Waals surface area contributed by atoms with Gasteiger partial charge in [-0.25, -0.2) is 9.78 Å². The molecule has 9 heteroatoms. The fraction of sp³-hybridized carbons (Fsp3) is 0.500. The zero-order chi connectivity index (χ0) is 16.6. The van der Waals surface area contributed by atoms with Crippen LogP contribution in [0, 0.1) is 0 Å². The molecule has 3 rings (SSSR count). The average molecular weight is 341 g/mol. The first-order chi connectivity index (χ1) is 11.0. The van der Waals surface area contributed by atoms with Crippen molar-refractivity contribution in [3.05, 3.63) is 17.3 Å². The van der Waals surface area contributed by atoms with E-state index < -0.39 is 6.16 Å². The molecule has 23 heavy (non-hydrogen) atoms. The van der Waals surface area contributed by atoms with Crippen molar-refractivity contribution in [2.75, 3.05) is 23.3 Å². The van der Waals surface area contributed by atoms with Crippen LogP contribution in [0.15, 0.2) is 12.1 Å². The van der Waals surface area contributed by atoms with Gasteiger partial charge in [0.1, 0.15) is 11.2 Å². The predicted octanol–water partition coefficient (Wildman–Crippen LogP) is 1.96. The number of halogens is 1. The molecule has 0 saturated carbocycles. The van der Waals surface area contributed by atoms with Gasteiger partial charge in [0.25, 0.3) is 0 Å². The van der Waals surface area contributed by atoms with Crippen LogP contribution in [0.3, 0.4) is 0 Å². The van der Waals surface area contributed by atoms with E-state index in [0.29, 0.717) is 42.6 Å². The van der Waals surface area contributed by atoms with E-state index in [4.69, 9.17) is 16.7 Å². The number of anilines is 2. The molecule has 2 aliphatic rings. The van der Waals surface area contributed by atoms with Gasteiger partial charge < -0.3 is 20.2 Å². The Hall–Kier alpha value is -2.06. The van der Waals surface area contributed by atoms with Crippen LogP contribution < -0.4 is 10.2 Å². The minimum Gasteiger partial charge on any atom is -0.448 e. The van der Waals surface area contributed by atoms with Crippen LogP contribution in [0.2, 0.25) is 5.15 Å². The van der Waals surface area contributed by atoms with Crippen molar-refractivity contribution in [3.8, 4) is 0 Å². The largest absolute Gasteiger partial charge is 0.525 e. The van der Waals surface area contributed by atoms with Crippen LogP contribution in [-0.4, -0.2) is 52.4 Å². The lowest BCUT2D eigenvalue weighted by atomic mass is 10.0. The van der Waals surface area contributed by atoms with E-state index in [2.05, 4.69) is 15.1 Å². The molecule has 3 heterocycles. The third-order valence-corrected chi connectivity index (χ3v) is 4.37. The van der Waals surface area contributed by atoms with Gasteiger partial charge in [-0.3, -0.25) is 4.79 Å². The molecule has 1 fully saturated rings. The highest BCUT2D eigenvalue weighted by Crippen LogP contribution is 2.35. The maximum absolute atomic E-state index is 12.2. The number of carboxylic acid groups (broad SMARTS) is 1. The number of amides is 1. The van der Waals surface area contributed by atoms with Crippen LogP contribution in [0.25, 0.3) is 0 Å². The number of piperidine rings is 1. The van der Waals surface area contributed by atoms with E-state index >= 15 is 0 Å². The Balaban J connectivity index is 1.81. The fourth-order valence-corrected chi connectivity index (χ4v) is 3.22. The highest BCUT2D eigenvalue weighted by Gasteiger charge is 2.37. The molecular formula is C14H17ClN4O4. The van der Waals surface area contributed by atoms with Gasteiger partial charge in [-0.05, 0) is 31.9 Å². The molecule has 0 unspecified atom stereocenters. The number of carbonyl (C=O) groups excluding carboxylic acids is 1. The summed E-state index contributed by atoms with van der Waals surface area (Å²) in [7, 11) is 0. The normalized spacial score (nSPS) is 22.4. The molecule has 2 aliphatic heterocycles. The topological polar surface area (TPSA) is 95.0 Å². The number of hydrogen-bond donors (Lipinski definition) is 2. The lowest BCUT2D eigenvalue weighted by Gasteiger charge is -2.43. The zero-order valence-corrected chi connectivity index (χ0v) is 13.3. The molecule has 1 saturated heterocycles. The SMILES string of the molecule is C[C@@H]1C(=O)Nc2ccc(Cl)nc2N1C1CCN(OC(=O)O)CC1. The number of carbonyl (C=O) groups is 2. The van der Waals surface area contributed by atoms with Gasteiger partial charge in [-0.15, -0.1) is 5.06 Å². The average Bonchev–Trinajstić information content (AvgIpc) is 2.50. The van der Waals surface area contributed by atoms with E-state index in [-0.39, 0.29) is 18.0 Å². The second-order valence-corrected chi connectivity index (χ2v) is 5.98. The molecule has 1 amide bonds. The van der Waals surface area contributed by atoms with Crippen LogP contribution in [0.4, 0.5) is 16.3 Å². The number of nitrogens with zero attached hydrogens (tertiary/aromatic N) is 3. The molecule has 1 aromatic heterocycles. The number of hydrogen-bond acceptors (Lipinski definition) is 6. The summed E-state index contributed by atoms with van der Waals surface area (Å²) in [4.78, 5) is 33.8. The first-order valence-electron chi connectivity index (χ1n) is 7.37. The molecule has 0 aromatic carbocycles. The van der Waals surface area contributed by atoms with Crippen LogP contribution in [0.1, 0.15) is 19.8 Å². The van der Waals surface area contributed by atoms with Gasteiger partial charge in [-0.2, -0.15) is 0 Å². The predicted molar refractivity (Wildman–Crippen MR) is 83.5 cm³/mol. The molecule has 0 aliphatic carbocycles. The van der Waals surface area contributed by atoms with Gasteiger partial charge >= 0.3 is 6.16 Å². The van der Waals surface area contributed by atoms with Crippen LogP contribution >= 0.6 is 11.6 Å². The summed E-state index contributed by atoms with van der Waals surface area (Å²) >= 11 is 6.00. The molecule has 0 spiro atoms. The third kappa shape index (κ3) is 3.18. The second kappa shape index (κ2) is 6.21. The monoisotopic (exact) mass is 340 g/mol. The van der Waals surface area contributed by atoms with E-state index in [0.717, 1.165) is 0 Å². The second-order valence-electron chi connectivity index (χ2n) is 5.60. The first-order valence-corrected chi connectivity index (χ1v) is 7.75. The Labute approximate surface area is 137 Å². The summed E-state index contributed by atoms with van der Waals surface area (Å²) in [5.41, 5.74) is 0.640. The molecular weight excluding hydrogens is 324 g/mol. The summed E-state index contributed by atoms with van der Waals surface area (Å²) in [6, 6.07) is 3.07. The van der Waals surface area contributed by atoms with Gasteiger partial charge in [0, 0.05) is 19.1 Å². The summed E-state index contributed by atoms with van der Waals surface area (Å²) in [6.45, 7) is 2.76. The molecule has 124 valence electrons. The zero-order valence-electron chi connectivity index (χ0n) is 12.5. The van der Waals surface area contributed by atoms with Crippen molar-refractivity contribution in [1.29, 1.82) is 0 Å². The Bertz CT molecular complexity index is 633. The summed E-state index contributed by atoms with van der Waals surface area (Å²) in [5.74, 6) is 0.563. The minimum absolute atomic E-state index is 0.0643. The molecule has 1 atom stereocenters. The van der Waals surface area contributed by atoms with Crippen molar-refractivity contribution in [2.24, 2.45) is 0 Å². The molecule has 1 aromatic rings.